The van der Waals surface area contributed by atoms with Crippen LogP contribution in [-0.4, -0.2) is 9.55 Å². The van der Waals surface area contributed by atoms with Gasteiger partial charge in [-0.3, -0.25) is 0 Å². The van der Waals surface area contributed by atoms with Gasteiger partial charge in [0.2, 0.25) is 0 Å². The number of furan rings is 1. The summed E-state index contributed by atoms with van der Waals surface area (Å²) in [4.78, 5) is 9.55. The molecule has 0 radical (unpaired) electrons. The van der Waals surface area contributed by atoms with Crippen LogP contribution >= 0.6 is 0 Å². The number of rotatable bonds is 9. The number of fused-ring (bicyclic) bond motifs is 8. The fraction of sp³-hybridized carbons (Fsp3) is 0.130. The van der Waals surface area contributed by atoms with E-state index in [0.29, 0.717) is 39.5 Å². The summed E-state index contributed by atoms with van der Waals surface area (Å²) in [7, 11) is 0. The molecule has 0 unspecified atom stereocenters. The number of pyridine rings is 1. The van der Waals surface area contributed by atoms with Crippen LogP contribution in [0.3, 0.4) is 0 Å². The molecule has 0 fully saturated rings. The summed E-state index contributed by atoms with van der Waals surface area (Å²) < 4.78 is 49.0. The number of anilines is 4. The summed E-state index contributed by atoms with van der Waals surface area (Å²) in [6.45, 7) is 14.6. The van der Waals surface area contributed by atoms with Crippen LogP contribution in [0.25, 0.3) is 82.9 Å². The topological polar surface area (TPSA) is 46.7 Å². The maximum absolute atomic E-state index is 14.3. The van der Waals surface area contributed by atoms with E-state index in [1.165, 1.54) is 17.7 Å². The third-order valence-electron chi connectivity index (χ3n) is 14.2. The molecule has 1 aliphatic heterocycles. The van der Waals surface area contributed by atoms with Gasteiger partial charge in [-0.15, -0.1) is 42.7 Å². The van der Waals surface area contributed by atoms with E-state index in [-0.39, 0.29) is 32.3 Å². The van der Waals surface area contributed by atoms with Crippen molar-refractivity contribution >= 4 is 66.5 Å². The molecule has 0 N–H and O–H groups in total. The molecule has 0 aliphatic carbocycles. The Balaban J connectivity index is 0.00000623. The van der Waals surface area contributed by atoms with Gasteiger partial charge in [0.05, 0.1) is 0 Å². The Bertz CT molecular complexity index is 4230. The summed E-state index contributed by atoms with van der Waals surface area (Å²) in [5.74, 6) is 1.04. The van der Waals surface area contributed by atoms with Crippen molar-refractivity contribution < 1.29 is 37.4 Å². The van der Waals surface area contributed by atoms with E-state index in [1.54, 1.807) is 18.3 Å². The molecule has 382 valence electrons. The first-order chi connectivity index (χ1) is 37.6. The predicted octanol–water partition coefficient (Wildman–Crippen LogP) is 18.9. The minimum Gasteiger partial charge on any atom is -0.509 e. The van der Waals surface area contributed by atoms with Gasteiger partial charge in [0, 0.05) is 91.5 Å². The second kappa shape index (κ2) is 19.4. The molecule has 1 aliphatic rings. The SMILES string of the molecule is [2H]C([2H])(c1cc(-n2c3[c-]c(Oc4[c-]c(N5[CH-]N(c6c(-c7ccccc7)cc(C(C)(C)C)cc6-c6ccccc6)c6ccccc65)ccc4)ccc3c3c4oc5ccccc5c4ccc32)ncc1-c1ccc(F)cc1)C(C)(C)C.[Pt]. The van der Waals surface area contributed by atoms with Crippen molar-refractivity contribution in [2.75, 3.05) is 9.80 Å². The van der Waals surface area contributed by atoms with Crippen molar-refractivity contribution in [1.29, 1.82) is 0 Å². The first-order valence-corrected chi connectivity index (χ1v) is 25.7. The fourth-order valence-electron chi connectivity index (χ4n) is 10.7. The van der Waals surface area contributed by atoms with E-state index in [4.69, 9.17) is 14.1 Å². The van der Waals surface area contributed by atoms with Gasteiger partial charge in [0.25, 0.3) is 0 Å². The molecule has 0 spiro atoms. The number of hydrogen-bond acceptors (Lipinski definition) is 5. The Morgan fingerprint density at radius 3 is 1.92 bits per heavy atom. The van der Waals surface area contributed by atoms with E-state index in [9.17, 15) is 7.13 Å². The molecule has 0 saturated carbocycles. The molecule has 9 aromatic carbocycles. The molecule has 77 heavy (non-hydrogen) atoms. The molecule has 8 heteroatoms. The zero-order valence-electron chi connectivity index (χ0n) is 45.4. The standard InChI is InChI=1S/C69H54FN4O2.Pt/c1-68(2,3)41-47-36-64(71-42-58(47)46-28-30-49(70)31-29-46)74-61-35-34-54-53-24-13-16-27-63(53)76-67(54)65(61)55-33-32-52(40-62(55)74)75-51-23-17-22-50(39-51)72-43-73(60-26-15-14-25-59(60)72)66-56(44-18-9-7-10-19-44)37-48(69(4,5)6)38-57(66)45-20-11-8-12-21-45;/h7-38,42-43H,41H2,1-6H3;/q-3;/i41D2;. The molecule has 4 heterocycles. The molecule has 13 rings (SSSR count). The molecule has 0 saturated heterocycles. The second-order valence-corrected chi connectivity index (χ2v) is 21.6. The van der Waals surface area contributed by atoms with E-state index < -0.39 is 11.8 Å². The number of aromatic nitrogens is 2. The van der Waals surface area contributed by atoms with Gasteiger partial charge in [-0.1, -0.05) is 156 Å². The van der Waals surface area contributed by atoms with Crippen LogP contribution in [0.5, 0.6) is 11.5 Å². The maximum Gasteiger partial charge on any atom is 0.135 e. The van der Waals surface area contributed by atoms with E-state index >= 15 is 0 Å². The monoisotopic (exact) mass is 1190 g/mol. The van der Waals surface area contributed by atoms with Crippen LogP contribution in [0, 0.1) is 30.0 Å². The summed E-state index contributed by atoms with van der Waals surface area (Å²) in [6.07, 6.45) is -0.145. The Hall–Kier alpha value is -8.25. The molecule has 0 atom stereocenters. The average Bonchev–Trinajstić information content (AvgIpc) is 4.36. The molecule has 3 aromatic heterocycles. The van der Waals surface area contributed by atoms with Crippen LogP contribution in [-0.2, 0) is 32.9 Å². The fourth-order valence-corrected chi connectivity index (χ4v) is 10.7. The average molecular weight is 1190 g/mol. The van der Waals surface area contributed by atoms with Gasteiger partial charge >= 0.3 is 0 Å². The van der Waals surface area contributed by atoms with E-state index in [1.807, 2.05) is 79.9 Å². The Labute approximate surface area is 466 Å². The minimum absolute atomic E-state index is 0. The van der Waals surface area contributed by atoms with Crippen molar-refractivity contribution in [3.63, 3.8) is 0 Å². The Kier molecular flexibility index (Phi) is 11.9. The molecule has 0 amide bonds. The Morgan fingerprint density at radius 2 is 1.23 bits per heavy atom. The first-order valence-electron chi connectivity index (χ1n) is 26.7. The van der Waals surface area contributed by atoms with Crippen molar-refractivity contribution in [1.82, 2.24) is 9.55 Å². The third-order valence-corrected chi connectivity index (χ3v) is 14.2. The number of para-hydroxylation sites is 3. The van der Waals surface area contributed by atoms with Crippen LogP contribution < -0.4 is 14.5 Å². The zero-order valence-corrected chi connectivity index (χ0v) is 45.7. The zero-order chi connectivity index (χ0) is 53.7. The van der Waals surface area contributed by atoms with Gasteiger partial charge in [0.15, 0.2) is 0 Å². The minimum atomic E-state index is -1.84. The largest absolute Gasteiger partial charge is 0.509 e. The Morgan fingerprint density at radius 1 is 0.610 bits per heavy atom. The molecule has 0 bridgehead atoms. The molecular formula is C69H54FN4O2Pt-3. The van der Waals surface area contributed by atoms with Crippen LogP contribution in [0.4, 0.5) is 27.1 Å². The number of ether oxygens (including phenoxy) is 1. The van der Waals surface area contributed by atoms with Crippen molar-refractivity contribution in [3.8, 4) is 50.7 Å². The summed E-state index contributed by atoms with van der Waals surface area (Å²) in [6, 6.07) is 71.7. The van der Waals surface area contributed by atoms with Gasteiger partial charge in [0.1, 0.15) is 22.8 Å². The van der Waals surface area contributed by atoms with Crippen molar-refractivity contribution in [2.24, 2.45) is 5.41 Å². The van der Waals surface area contributed by atoms with Crippen molar-refractivity contribution in [2.45, 2.75) is 53.3 Å². The van der Waals surface area contributed by atoms with Crippen LogP contribution in [0.1, 0.15) is 55.4 Å². The molecule has 6 nitrogen and oxygen atoms in total. The smallest absolute Gasteiger partial charge is 0.135 e. The van der Waals surface area contributed by atoms with Crippen molar-refractivity contribution in [3.05, 3.63) is 236 Å². The maximum atomic E-state index is 14.3. The van der Waals surface area contributed by atoms with Gasteiger partial charge in [-0.05, 0) is 111 Å². The number of hydrogen-bond donors (Lipinski definition) is 0. The molecule has 12 aromatic rings. The number of nitrogens with zero attached hydrogens (tertiary/aromatic N) is 4. The molecular weight excluding hydrogens is 1130 g/mol. The summed E-state index contributed by atoms with van der Waals surface area (Å²) >= 11 is 0. The van der Waals surface area contributed by atoms with Crippen LogP contribution in [0.2, 0.25) is 0 Å². The van der Waals surface area contributed by atoms with Gasteiger partial charge in [-0.25, -0.2) is 9.37 Å². The van der Waals surface area contributed by atoms with Gasteiger partial charge < -0.3 is 23.5 Å². The summed E-state index contributed by atoms with van der Waals surface area (Å²) in [5.41, 5.74) is 13.3. The summed E-state index contributed by atoms with van der Waals surface area (Å²) in [5, 5.41) is 3.70. The normalized spacial score (nSPS) is 13.3. The number of benzene rings is 9. The van der Waals surface area contributed by atoms with E-state index in [2.05, 4.69) is 165 Å². The van der Waals surface area contributed by atoms with Crippen LogP contribution in [0.15, 0.2) is 205 Å². The third kappa shape index (κ3) is 9.06. The number of halogens is 1. The predicted molar refractivity (Wildman–Crippen MR) is 310 cm³/mol. The quantitative estimate of drug-likeness (QED) is 0.135. The van der Waals surface area contributed by atoms with E-state index in [0.717, 1.165) is 83.2 Å². The first kappa shape index (κ1) is 47.2. The second-order valence-electron chi connectivity index (χ2n) is 21.6. The van der Waals surface area contributed by atoms with Gasteiger partial charge in [-0.2, -0.15) is 12.1 Å².